The summed E-state index contributed by atoms with van der Waals surface area (Å²) in [5, 5.41) is 1.17. The Kier molecular flexibility index (Phi) is 5.33. The predicted molar refractivity (Wildman–Crippen MR) is 121 cm³/mol. The maximum atomic E-state index is 12.3. The lowest BCUT2D eigenvalue weighted by molar-refractivity contribution is -0.111. The zero-order valence-electron chi connectivity index (χ0n) is 15.8. The second kappa shape index (κ2) is 8.26. The lowest BCUT2D eigenvalue weighted by Crippen LogP contribution is -2.19. The number of benzene rings is 3. The first kappa shape index (κ1) is 19.4. The molecule has 1 atom stereocenters. The highest BCUT2D eigenvalue weighted by Gasteiger charge is 2.25. The number of hydrogen-bond acceptors (Lipinski definition) is 5. The number of rotatable bonds is 4. The summed E-state index contributed by atoms with van der Waals surface area (Å²) < 4.78 is 13.1. The minimum absolute atomic E-state index is 0.131. The third-order valence-corrected chi connectivity index (χ3v) is 6.23. The minimum atomic E-state index is -0.442. The van der Waals surface area contributed by atoms with Gasteiger partial charge in [0.15, 0.2) is 5.16 Å². The molecule has 1 aromatic heterocycles. The highest BCUT2D eigenvalue weighted by molar-refractivity contribution is 9.10. The van der Waals surface area contributed by atoms with E-state index < -0.39 is 6.29 Å². The van der Waals surface area contributed by atoms with Crippen molar-refractivity contribution in [3.8, 4) is 5.75 Å². The van der Waals surface area contributed by atoms with Gasteiger partial charge in [-0.25, -0.2) is 4.98 Å². The number of hydrogen-bond donors (Lipinski definition) is 1. The first-order valence-corrected chi connectivity index (χ1v) is 11.2. The average molecular weight is 481 g/mol. The summed E-state index contributed by atoms with van der Waals surface area (Å²) in [6, 6.07) is 21.3. The van der Waals surface area contributed by atoms with E-state index >= 15 is 0 Å². The van der Waals surface area contributed by atoms with E-state index in [1.807, 2.05) is 60.7 Å². The Balaban J connectivity index is 1.43. The van der Waals surface area contributed by atoms with Crippen molar-refractivity contribution in [2.24, 2.45) is 0 Å². The number of nitrogens with one attached hydrogen (secondary N) is 1. The molecule has 1 N–H and O–H groups in total. The molecule has 1 unspecified atom stereocenters. The van der Waals surface area contributed by atoms with Crippen molar-refractivity contribution in [3.63, 3.8) is 0 Å². The van der Waals surface area contributed by atoms with Crippen molar-refractivity contribution in [1.82, 2.24) is 9.97 Å². The molecule has 2 heterocycles. The normalized spacial score (nSPS) is 15.6. The maximum absolute atomic E-state index is 12.3. The lowest BCUT2D eigenvalue weighted by Gasteiger charge is -2.28. The molecule has 0 spiro atoms. The van der Waals surface area contributed by atoms with Crippen LogP contribution in [-0.4, -0.2) is 9.97 Å². The molecule has 1 aliphatic rings. The van der Waals surface area contributed by atoms with Crippen LogP contribution < -0.4 is 10.3 Å². The van der Waals surface area contributed by atoms with E-state index in [0.29, 0.717) is 28.4 Å². The molecule has 0 radical (unpaired) electrons. The molecule has 0 saturated carbocycles. The van der Waals surface area contributed by atoms with Gasteiger partial charge in [-0.3, -0.25) is 4.79 Å². The van der Waals surface area contributed by atoms with Gasteiger partial charge in [0, 0.05) is 26.9 Å². The molecule has 1 aliphatic heterocycles. The van der Waals surface area contributed by atoms with Crippen LogP contribution >= 0.6 is 27.7 Å². The average Bonchev–Trinajstić information content (AvgIpc) is 2.78. The van der Waals surface area contributed by atoms with Crippen LogP contribution in [0.4, 0.5) is 0 Å². The minimum Gasteiger partial charge on any atom is -0.460 e. The van der Waals surface area contributed by atoms with Gasteiger partial charge in [-0.05, 0) is 24.3 Å². The Morgan fingerprint density at radius 3 is 2.77 bits per heavy atom. The van der Waals surface area contributed by atoms with Gasteiger partial charge < -0.3 is 14.5 Å². The number of H-pyrrole nitrogens is 1. The van der Waals surface area contributed by atoms with E-state index in [0.717, 1.165) is 26.9 Å². The topological polar surface area (TPSA) is 64.2 Å². The summed E-state index contributed by atoms with van der Waals surface area (Å²) in [6.45, 7) is 0.469. The second-order valence-electron chi connectivity index (χ2n) is 6.90. The summed E-state index contributed by atoms with van der Waals surface area (Å²) in [5.74, 6) is 1.43. The Morgan fingerprint density at radius 1 is 1.10 bits per heavy atom. The Morgan fingerprint density at radius 2 is 1.90 bits per heavy atom. The van der Waals surface area contributed by atoms with Crippen LogP contribution in [0.2, 0.25) is 0 Å². The van der Waals surface area contributed by atoms with Crippen LogP contribution in [0.1, 0.15) is 23.0 Å². The summed E-state index contributed by atoms with van der Waals surface area (Å²) in [6.07, 6.45) is -0.442. The van der Waals surface area contributed by atoms with E-state index in [1.165, 1.54) is 11.8 Å². The van der Waals surface area contributed by atoms with Gasteiger partial charge in [-0.2, -0.15) is 0 Å². The molecule has 5 nitrogen and oxygen atoms in total. The van der Waals surface area contributed by atoms with Gasteiger partial charge >= 0.3 is 0 Å². The van der Waals surface area contributed by atoms with Crippen LogP contribution in [0.15, 0.2) is 81.2 Å². The van der Waals surface area contributed by atoms with Gasteiger partial charge in [-0.1, -0.05) is 70.2 Å². The van der Waals surface area contributed by atoms with Gasteiger partial charge in [0.1, 0.15) is 5.75 Å². The van der Waals surface area contributed by atoms with E-state index in [9.17, 15) is 4.79 Å². The van der Waals surface area contributed by atoms with E-state index in [4.69, 9.17) is 9.47 Å². The molecular weight excluding hydrogens is 464 g/mol. The number of nitrogens with zero attached hydrogens (tertiary/aromatic N) is 1. The number of halogens is 1. The van der Waals surface area contributed by atoms with E-state index in [1.54, 1.807) is 6.07 Å². The van der Waals surface area contributed by atoms with Crippen molar-refractivity contribution < 1.29 is 9.47 Å². The van der Waals surface area contributed by atoms with Crippen LogP contribution in [0, 0.1) is 0 Å². The van der Waals surface area contributed by atoms with Crippen molar-refractivity contribution in [1.29, 1.82) is 0 Å². The summed E-state index contributed by atoms with van der Waals surface area (Å²) >= 11 is 5.05. The van der Waals surface area contributed by atoms with Crippen molar-refractivity contribution in [2.75, 3.05) is 0 Å². The third kappa shape index (κ3) is 3.88. The van der Waals surface area contributed by atoms with Gasteiger partial charge in [0.05, 0.1) is 17.5 Å². The third-order valence-electron chi connectivity index (χ3n) is 4.85. The van der Waals surface area contributed by atoms with Crippen LogP contribution in [-0.2, 0) is 17.1 Å². The molecule has 5 rings (SSSR count). The summed E-state index contributed by atoms with van der Waals surface area (Å²) in [5.41, 5.74) is 3.55. The number of fused-ring (bicyclic) bond motifs is 2. The Hall–Kier alpha value is -2.61. The van der Waals surface area contributed by atoms with Gasteiger partial charge in [-0.15, -0.1) is 0 Å². The maximum Gasteiger partial charge on any atom is 0.259 e. The molecule has 0 bridgehead atoms. The standard InChI is InChI=1S/C23H17BrN2O3S/c24-17-10-15-12-28-22(14-6-2-1-3-7-14)29-20(15)16(11-17)13-30-23-25-19-9-5-4-8-18(19)21(27)26-23/h1-11,22H,12-13H2,(H,25,26,27). The SMILES string of the molecule is O=c1[nH]c(SCc2cc(Br)cc3c2OC(c2ccccc2)OC3)nc2ccccc12. The number of aromatic nitrogens is 2. The smallest absolute Gasteiger partial charge is 0.259 e. The molecule has 0 saturated heterocycles. The molecular formula is C23H17BrN2O3S. The number of aromatic amines is 1. The van der Waals surface area contributed by atoms with E-state index in [2.05, 4.69) is 25.9 Å². The highest BCUT2D eigenvalue weighted by Crippen LogP contribution is 2.39. The van der Waals surface area contributed by atoms with Crippen LogP contribution in [0.3, 0.4) is 0 Å². The monoisotopic (exact) mass is 480 g/mol. The Labute approximate surface area is 185 Å². The summed E-state index contributed by atoms with van der Waals surface area (Å²) in [7, 11) is 0. The van der Waals surface area contributed by atoms with Crippen molar-refractivity contribution in [3.05, 3.63) is 98.2 Å². The second-order valence-corrected chi connectivity index (χ2v) is 8.78. The fourth-order valence-electron chi connectivity index (χ4n) is 3.44. The molecule has 30 heavy (non-hydrogen) atoms. The van der Waals surface area contributed by atoms with Crippen LogP contribution in [0.5, 0.6) is 5.75 Å². The zero-order chi connectivity index (χ0) is 20.5. The highest BCUT2D eigenvalue weighted by atomic mass is 79.9. The van der Waals surface area contributed by atoms with Gasteiger partial charge in [0.2, 0.25) is 6.29 Å². The zero-order valence-corrected chi connectivity index (χ0v) is 18.2. The summed E-state index contributed by atoms with van der Waals surface area (Å²) in [4.78, 5) is 19.8. The molecule has 0 amide bonds. The van der Waals surface area contributed by atoms with Crippen LogP contribution in [0.25, 0.3) is 10.9 Å². The number of ether oxygens (including phenoxy) is 2. The number of para-hydroxylation sites is 1. The lowest BCUT2D eigenvalue weighted by atomic mass is 10.1. The molecule has 7 heteroatoms. The predicted octanol–water partition coefficient (Wildman–Crippen LogP) is 5.59. The molecule has 0 aliphatic carbocycles. The largest absolute Gasteiger partial charge is 0.460 e. The fraction of sp³-hybridized carbons (Fsp3) is 0.130. The van der Waals surface area contributed by atoms with Crippen molar-refractivity contribution >= 4 is 38.6 Å². The molecule has 4 aromatic rings. The first-order chi connectivity index (χ1) is 14.7. The van der Waals surface area contributed by atoms with E-state index in [-0.39, 0.29) is 5.56 Å². The Bertz CT molecular complexity index is 1280. The molecule has 3 aromatic carbocycles. The first-order valence-electron chi connectivity index (χ1n) is 9.44. The quantitative estimate of drug-likeness (QED) is 0.304. The molecule has 0 fully saturated rings. The number of thioether (sulfide) groups is 1. The van der Waals surface area contributed by atoms with Crippen molar-refractivity contribution in [2.45, 2.75) is 23.8 Å². The van der Waals surface area contributed by atoms with Gasteiger partial charge in [0.25, 0.3) is 5.56 Å². The fourth-order valence-corrected chi connectivity index (χ4v) is 4.83. The molecule has 150 valence electrons.